The van der Waals surface area contributed by atoms with Crippen molar-refractivity contribution in [2.75, 3.05) is 20.4 Å². The molecule has 1 radical (unpaired) electrons. The van der Waals surface area contributed by atoms with Crippen molar-refractivity contribution < 1.29 is 19.0 Å². The topological polar surface area (TPSA) is 56.8 Å². The van der Waals surface area contributed by atoms with Crippen molar-refractivity contribution in [2.45, 2.75) is 26.1 Å². The molecule has 5 heteroatoms. The standard InChI is InChI=1S/C14H20NO4/c1-12(19-11-17-2)8-9-15-14(16)18-10-13-6-4-3-5-7-13/h3-6,12H,8-11H2,1-2H3,(H,15,16). The molecule has 0 aromatic heterocycles. The fraction of sp³-hybridized carbons (Fsp3) is 0.500. The Morgan fingerprint density at radius 2 is 2.32 bits per heavy atom. The fourth-order valence-corrected chi connectivity index (χ4v) is 1.36. The average molecular weight is 266 g/mol. The van der Waals surface area contributed by atoms with Gasteiger partial charge in [-0.15, -0.1) is 0 Å². The van der Waals surface area contributed by atoms with E-state index in [0.717, 1.165) is 5.56 Å². The van der Waals surface area contributed by atoms with E-state index in [-0.39, 0.29) is 19.5 Å². The summed E-state index contributed by atoms with van der Waals surface area (Å²) in [5.74, 6) is 0. The lowest BCUT2D eigenvalue weighted by atomic mass is 10.2. The van der Waals surface area contributed by atoms with Crippen molar-refractivity contribution in [2.24, 2.45) is 0 Å². The molecule has 0 bridgehead atoms. The third-order valence-electron chi connectivity index (χ3n) is 2.42. The van der Waals surface area contributed by atoms with Crippen molar-refractivity contribution in [1.82, 2.24) is 5.32 Å². The summed E-state index contributed by atoms with van der Waals surface area (Å²) in [5, 5.41) is 2.66. The van der Waals surface area contributed by atoms with E-state index in [4.69, 9.17) is 14.2 Å². The van der Waals surface area contributed by atoms with Crippen LogP contribution in [0.15, 0.2) is 24.3 Å². The Bertz CT molecular complexity index is 356. The highest BCUT2D eigenvalue weighted by molar-refractivity contribution is 5.67. The van der Waals surface area contributed by atoms with Crippen LogP contribution in [-0.4, -0.2) is 32.6 Å². The number of methoxy groups -OCH3 is 1. The van der Waals surface area contributed by atoms with Gasteiger partial charge in [0.05, 0.1) is 6.10 Å². The lowest BCUT2D eigenvalue weighted by molar-refractivity contribution is -0.0669. The molecule has 0 saturated heterocycles. The largest absolute Gasteiger partial charge is 0.445 e. The maximum Gasteiger partial charge on any atom is 0.407 e. The van der Waals surface area contributed by atoms with Gasteiger partial charge in [0.25, 0.3) is 0 Å². The van der Waals surface area contributed by atoms with Crippen molar-refractivity contribution in [3.05, 3.63) is 35.9 Å². The molecule has 1 aromatic rings. The Morgan fingerprint density at radius 1 is 1.47 bits per heavy atom. The molecule has 0 fully saturated rings. The van der Waals surface area contributed by atoms with Crippen LogP contribution in [0.25, 0.3) is 0 Å². The molecule has 0 aliphatic heterocycles. The van der Waals surface area contributed by atoms with E-state index in [1.54, 1.807) is 13.2 Å². The smallest absolute Gasteiger partial charge is 0.407 e. The maximum atomic E-state index is 11.4. The fourth-order valence-electron chi connectivity index (χ4n) is 1.36. The third kappa shape index (κ3) is 7.43. The summed E-state index contributed by atoms with van der Waals surface area (Å²) in [6.07, 6.45) is 0.300. The van der Waals surface area contributed by atoms with Gasteiger partial charge in [-0.1, -0.05) is 24.3 Å². The maximum absolute atomic E-state index is 11.4. The summed E-state index contributed by atoms with van der Waals surface area (Å²) in [5.41, 5.74) is 0.842. The minimum Gasteiger partial charge on any atom is -0.445 e. The van der Waals surface area contributed by atoms with Crippen molar-refractivity contribution in [1.29, 1.82) is 0 Å². The number of ether oxygens (including phenoxy) is 3. The number of carbonyl (C=O) groups is 1. The van der Waals surface area contributed by atoms with Crippen LogP contribution in [-0.2, 0) is 20.8 Å². The van der Waals surface area contributed by atoms with E-state index in [1.807, 2.05) is 25.1 Å². The Labute approximate surface area is 113 Å². The van der Waals surface area contributed by atoms with Gasteiger partial charge in [-0.2, -0.15) is 0 Å². The Hall–Kier alpha value is -1.59. The van der Waals surface area contributed by atoms with Gasteiger partial charge in [0.2, 0.25) is 0 Å². The molecule has 0 aliphatic rings. The first-order valence-electron chi connectivity index (χ1n) is 6.19. The second-order valence-corrected chi connectivity index (χ2v) is 4.06. The zero-order chi connectivity index (χ0) is 13.9. The summed E-state index contributed by atoms with van der Waals surface area (Å²) >= 11 is 0. The highest BCUT2D eigenvalue weighted by Crippen LogP contribution is 2.00. The second kappa shape index (κ2) is 9.35. The number of carbonyl (C=O) groups excluding carboxylic acids is 1. The minimum absolute atomic E-state index is 0.0303. The average Bonchev–Trinajstić information content (AvgIpc) is 2.44. The van der Waals surface area contributed by atoms with Gasteiger partial charge in [-0.3, -0.25) is 0 Å². The molecule has 1 aromatic carbocycles. The number of alkyl carbamates (subject to hydrolysis) is 1. The molecule has 0 spiro atoms. The van der Waals surface area contributed by atoms with Crippen molar-refractivity contribution in [3.8, 4) is 0 Å². The Kier molecular flexibility index (Phi) is 7.62. The van der Waals surface area contributed by atoms with Crippen molar-refractivity contribution >= 4 is 6.09 Å². The molecule has 1 amide bonds. The summed E-state index contributed by atoms with van der Waals surface area (Å²) in [6, 6.07) is 10.4. The summed E-state index contributed by atoms with van der Waals surface area (Å²) in [4.78, 5) is 11.4. The lowest BCUT2D eigenvalue weighted by Gasteiger charge is -2.12. The zero-order valence-electron chi connectivity index (χ0n) is 11.3. The number of hydrogen-bond donors (Lipinski definition) is 1. The van der Waals surface area contributed by atoms with Gasteiger partial charge in [-0.25, -0.2) is 4.79 Å². The number of nitrogens with one attached hydrogen (secondary N) is 1. The van der Waals surface area contributed by atoms with Crippen LogP contribution in [0, 0.1) is 6.07 Å². The quantitative estimate of drug-likeness (QED) is 0.732. The van der Waals surface area contributed by atoms with Crippen LogP contribution in [0.2, 0.25) is 0 Å². The van der Waals surface area contributed by atoms with E-state index < -0.39 is 6.09 Å². The summed E-state index contributed by atoms with van der Waals surface area (Å²) in [7, 11) is 1.57. The monoisotopic (exact) mass is 266 g/mol. The predicted octanol–water partition coefficient (Wildman–Crippen LogP) is 2.11. The predicted molar refractivity (Wildman–Crippen MR) is 70.5 cm³/mol. The van der Waals surface area contributed by atoms with Crippen LogP contribution in [0.3, 0.4) is 0 Å². The number of rotatable bonds is 8. The Balaban J connectivity index is 2.08. The second-order valence-electron chi connectivity index (χ2n) is 4.06. The Morgan fingerprint density at radius 3 is 3.00 bits per heavy atom. The molecular formula is C14H20NO4. The van der Waals surface area contributed by atoms with Crippen LogP contribution in [0.5, 0.6) is 0 Å². The normalized spacial score (nSPS) is 11.9. The first-order chi connectivity index (χ1) is 9.22. The van der Waals surface area contributed by atoms with E-state index in [1.165, 1.54) is 0 Å². The van der Waals surface area contributed by atoms with Crippen LogP contribution >= 0.6 is 0 Å². The van der Waals surface area contributed by atoms with E-state index in [2.05, 4.69) is 11.4 Å². The van der Waals surface area contributed by atoms with Gasteiger partial charge < -0.3 is 19.5 Å². The molecule has 0 heterocycles. The van der Waals surface area contributed by atoms with Crippen LogP contribution in [0.1, 0.15) is 18.9 Å². The summed E-state index contributed by atoms with van der Waals surface area (Å²) < 4.78 is 15.1. The molecule has 5 nitrogen and oxygen atoms in total. The molecule has 1 unspecified atom stereocenters. The number of amides is 1. The number of benzene rings is 1. The molecule has 1 rings (SSSR count). The summed E-state index contributed by atoms with van der Waals surface area (Å²) in [6.45, 7) is 2.91. The van der Waals surface area contributed by atoms with Crippen LogP contribution in [0.4, 0.5) is 4.79 Å². The van der Waals surface area contributed by atoms with Gasteiger partial charge in [0, 0.05) is 13.7 Å². The minimum atomic E-state index is -0.434. The lowest BCUT2D eigenvalue weighted by Crippen LogP contribution is -2.28. The SMILES string of the molecule is COCOC(C)CCNC(=O)OCc1[c]cccc1. The third-order valence-corrected chi connectivity index (χ3v) is 2.42. The van der Waals surface area contributed by atoms with Gasteiger partial charge in [-0.05, 0) is 25.0 Å². The molecule has 105 valence electrons. The van der Waals surface area contributed by atoms with Gasteiger partial charge in [0.15, 0.2) is 0 Å². The molecule has 0 aliphatic carbocycles. The van der Waals surface area contributed by atoms with Crippen molar-refractivity contribution in [3.63, 3.8) is 0 Å². The first kappa shape index (κ1) is 15.5. The number of hydrogen-bond acceptors (Lipinski definition) is 4. The van der Waals surface area contributed by atoms with E-state index in [0.29, 0.717) is 13.0 Å². The van der Waals surface area contributed by atoms with E-state index >= 15 is 0 Å². The molecule has 1 N–H and O–H groups in total. The molecular weight excluding hydrogens is 246 g/mol. The van der Waals surface area contributed by atoms with Crippen LogP contribution < -0.4 is 5.32 Å². The molecule has 1 atom stereocenters. The van der Waals surface area contributed by atoms with Gasteiger partial charge in [0.1, 0.15) is 13.4 Å². The zero-order valence-corrected chi connectivity index (χ0v) is 11.3. The first-order valence-corrected chi connectivity index (χ1v) is 6.19. The highest BCUT2D eigenvalue weighted by atomic mass is 16.7. The highest BCUT2D eigenvalue weighted by Gasteiger charge is 2.05. The molecule has 19 heavy (non-hydrogen) atoms. The molecule has 0 saturated carbocycles. The van der Waals surface area contributed by atoms with E-state index in [9.17, 15) is 4.79 Å². The van der Waals surface area contributed by atoms with Gasteiger partial charge >= 0.3 is 6.09 Å².